The van der Waals surface area contributed by atoms with E-state index >= 15 is 0 Å². The minimum atomic E-state index is -0.915. The number of aliphatic carboxylic acids is 1. The number of nitrogens with zero attached hydrogens (tertiary/aromatic N) is 1. The molecule has 1 aliphatic carbocycles. The number of likely N-dealkylation sites (tertiary alicyclic amines) is 1. The van der Waals surface area contributed by atoms with Crippen molar-refractivity contribution in [3.8, 4) is 0 Å². The number of hydrogen-bond acceptors (Lipinski definition) is 3. The lowest BCUT2D eigenvalue weighted by atomic mass is 9.78. The Bertz CT molecular complexity index is 344. The second-order valence-corrected chi connectivity index (χ2v) is 5.78. The Balaban J connectivity index is 1.88. The maximum Gasteiger partial charge on any atom is 0.320 e. The lowest BCUT2D eigenvalue weighted by Crippen LogP contribution is -2.53. The molecule has 2 N–H and O–H groups in total. The first kappa shape index (κ1) is 14.3. The number of amides is 1. The zero-order valence-corrected chi connectivity index (χ0v) is 11.6. The maximum absolute atomic E-state index is 12.3. The minimum Gasteiger partial charge on any atom is -0.480 e. The van der Waals surface area contributed by atoms with E-state index in [1.165, 1.54) is 25.7 Å². The van der Waals surface area contributed by atoms with E-state index in [1.807, 2.05) is 4.90 Å². The van der Waals surface area contributed by atoms with Crippen molar-refractivity contribution in [2.45, 2.75) is 57.5 Å². The number of rotatable bonds is 4. The average Bonchev–Trinajstić information content (AvgIpc) is 2.43. The molecule has 1 amide bonds. The summed E-state index contributed by atoms with van der Waals surface area (Å²) >= 11 is 0. The van der Waals surface area contributed by atoms with Crippen LogP contribution in [0.15, 0.2) is 0 Å². The lowest BCUT2D eigenvalue weighted by molar-refractivity contribution is -0.140. The fourth-order valence-electron chi connectivity index (χ4n) is 3.36. The van der Waals surface area contributed by atoms with Crippen LogP contribution in [0.2, 0.25) is 0 Å². The fraction of sp³-hybridized carbons (Fsp3) is 0.857. The summed E-state index contributed by atoms with van der Waals surface area (Å²) in [6.45, 7) is 2.54. The van der Waals surface area contributed by atoms with Crippen LogP contribution < -0.4 is 5.32 Å². The summed E-state index contributed by atoms with van der Waals surface area (Å²) in [6.07, 6.45) is 7.19. The Kier molecular flexibility index (Phi) is 4.80. The molecule has 5 heteroatoms. The average molecular weight is 268 g/mol. The van der Waals surface area contributed by atoms with Gasteiger partial charge in [-0.1, -0.05) is 12.8 Å². The number of carbonyl (C=O) groups excluding carboxylic acids is 1. The van der Waals surface area contributed by atoms with Gasteiger partial charge < -0.3 is 10.0 Å². The summed E-state index contributed by atoms with van der Waals surface area (Å²) in [5.74, 6) is -0.185. The predicted octanol–water partition coefficient (Wildman–Crippen LogP) is 1.23. The van der Waals surface area contributed by atoms with E-state index in [2.05, 4.69) is 5.32 Å². The van der Waals surface area contributed by atoms with E-state index in [1.54, 1.807) is 6.92 Å². The van der Waals surface area contributed by atoms with E-state index in [4.69, 9.17) is 5.11 Å². The van der Waals surface area contributed by atoms with Crippen molar-refractivity contribution in [1.29, 1.82) is 0 Å². The monoisotopic (exact) mass is 268 g/mol. The smallest absolute Gasteiger partial charge is 0.320 e. The van der Waals surface area contributed by atoms with Gasteiger partial charge in [-0.25, -0.2) is 0 Å². The molecule has 2 unspecified atom stereocenters. The molecule has 2 fully saturated rings. The van der Waals surface area contributed by atoms with Gasteiger partial charge in [0.25, 0.3) is 0 Å². The summed E-state index contributed by atoms with van der Waals surface area (Å²) in [7, 11) is 0. The first-order chi connectivity index (χ1) is 9.09. The number of carboxylic acid groups (broad SMARTS) is 1. The van der Waals surface area contributed by atoms with Crippen LogP contribution in [0.3, 0.4) is 0 Å². The molecular formula is C14H24N2O3. The molecule has 5 nitrogen and oxygen atoms in total. The van der Waals surface area contributed by atoms with Crippen LogP contribution in [-0.4, -0.2) is 47.1 Å². The summed E-state index contributed by atoms with van der Waals surface area (Å²) in [4.78, 5) is 25.0. The van der Waals surface area contributed by atoms with E-state index in [0.717, 1.165) is 19.4 Å². The molecule has 1 heterocycles. The Morgan fingerprint density at radius 1 is 1.26 bits per heavy atom. The molecule has 0 spiro atoms. The lowest BCUT2D eigenvalue weighted by Gasteiger charge is -2.44. The van der Waals surface area contributed by atoms with Crippen LogP contribution in [0.25, 0.3) is 0 Å². The Morgan fingerprint density at radius 3 is 2.68 bits per heavy atom. The zero-order valence-electron chi connectivity index (χ0n) is 11.6. The van der Waals surface area contributed by atoms with Crippen LogP contribution in [0.5, 0.6) is 0 Å². The molecule has 1 saturated heterocycles. The van der Waals surface area contributed by atoms with Crippen LogP contribution in [0, 0.1) is 5.92 Å². The van der Waals surface area contributed by atoms with Crippen molar-refractivity contribution >= 4 is 11.9 Å². The van der Waals surface area contributed by atoms with Gasteiger partial charge in [-0.15, -0.1) is 0 Å². The summed E-state index contributed by atoms with van der Waals surface area (Å²) < 4.78 is 0. The molecule has 0 bridgehead atoms. The molecule has 2 aliphatic rings. The third-order valence-corrected chi connectivity index (χ3v) is 4.49. The summed E-state index contributed by atoms with van der Waals surface area (Å²) in [5.41, 5.74) is 0. The van der Waals surface area contributed by atoms with Gasteiger partial charge in [-0.2, -0.15) is 0 Å². The zero-order chi connectivity index (χ0) is 13.8. The molecule has 0 radical (unpaired) electrons. The van der Waals surface area contributed by atoms with E-state index in [0.29, 0.717) is 12.0 Å². The molecule has 3 atom stereocenters. The molecule has 0 aromatic rings. The van der Waals surface area contributed by atoms with Gasteiger partial charge in [0.1, 0.15) is 6.04 Å². The molecule has 1 aliphatic heterocycles. The van der Waals surface area contributed by atoms with Gasteiger partial charge >= 0.3 is 5.97 Å². The highest BCUT2D eigenvalue weighted by Gasteiger charge is 2.35. The highest BCUT2D eigenvalue weighted by molar-refractivity contribution is 5.80. The summed E-state index contributed by atoms with van der Waals surface area (Å²) in [6, 6.07) is -0.271. The maximum atomic E-state index is 12.3. The van der Waals surface area contributed by atoms with Crippen molar-refractivity contribution < 1.29 is 14.7 Å². The molecule has 19 heavy (non-hydrogen) atoms. The van der Waals surface area contributed by atoms with Crippen molar-refractivity contribution in [1.82, 2.24) is 10.2 Å². The van der Waals surface area contributed by atoms with E-state index < -0.39 is 12.0 Å². The third kappa shape index (κ3) is 3.47. The van der Waals surface area contributed by atoms with Gasteiger partial charge in [0.05, 0.1) is 6.54 Å². The first-order valence-corrected chi connectivity index (χ1v) is 7.35. The SMILES string of the molecule is C[C@H](NCC(=O)N1CCCC2CCCCC21)C(=O)O. The van der Waals surface area contributed by atoms with Crippen LogP contribution in [-0.2, 0) is 9.59 Å². The first-order valence-electron chi connectivity index (χ1n) is 7.35. The van der Waals surface area contributed by atoms with Crippen LogP contribution >= 0.6 is 0 Å². The number of carboxylic acids is 1. The Morgan fingerprint density at radius 2 is 1.95 bits per heavy atom. The highest BCUT2D eigenvalue weighted by Crippen LogP contribution is 2.35. The van der Waals surface area contributed by atoms with Crippen LogP contribution in [0.4, 0.5) is 0 Å². The van der Waals surface area contributed by atoms with Crippen molar-refractivity contribution in [2.75, 3.05) is 13.1 Å². The van der Waals surface area contributed by atoms with Gasteiger partial charge in [0.15, 0.2) is 0 Å². The molecular weight excluding hydrogens is 244 g/mol. The Labute approximate surface area is 114 Å². The number of nitrogens with one attached hydrogen (secondary N) is 1. The normalized spacial score (nSPS) is 28.6. The fourth-order valence-corrected chi connectivity index (χ4v) is 3.36. The molecule has 2 rings (SSSR count). The highest BCUT2D eigenvalue weighted by atomic mass is 16.4. The van der Waals surface area contributed by atoms with E-state index in [-0.39, 0.29) is 12.5 Å². The number of piperidine rings is 1. The van der Waals surface area contributed by atoms with Crippen molar-refractivity contribution in [3.63, 3.8) is 0 Å². The Hall–Kier alpha value is -1.10. The second-order valence-electron chi connectivity index (χ2n) is 5.78. The molecule has 1 saturated carbocycles. The van der Waals surface area contributed by atoms with Crippen molar-refractivity contribution in [2.24, 2.45) is 5.92 Å². The quantitative estimate of drug-likeness (QED) is 0.804. The molecule has 0 aromatic heterocycles. The predicted molar refractivity (Wildman–Crippen MR) is 71.8 cm³/mol. The number of fused-ring (bicyclic) bond motifs is 1. The second kappa shape index (κ2) is 6.37. The number of hydrogen-bond donors (Lipinski definition) is 2. The standard InChI is InChI=1S/C14H24N2O3/c1-10(14(18)19)15-9-13(17)16-8-4-6-11-5-2-3-7-12(11)16/h10-12,15H,2-9H2,1H3,(H,18,19)/t10-,11?,12?/m0/s1. The van der Waals surface area contributed by atoms with E-state index in [9.17, 15) is 9.59 Å². The molecule has 108 valence electrons. The largest absolute Gasteiger partial charge is 0.480 e. The topological polar surface area (TPSA) is 69.6 Å². The molecule has 0 aromatic carbocycles. The van der Waals surface area contributed by atoms with Crippen LogP contribution in [0.1, 0.15) is 45.4 Å². The van der Waals surface area contributed by atoms with Gasteiger partial charge in [-0.05, 0) is 38.5 Å². The summed E-state index contributed by atoms with van der Waals surface area (Å²) in [5, 5.41) is 11.6. The van der Waals surface area contributed by atoms with Gasteiger partial charge in [0, 0.05) is 12.6 Å². The van der Waals surface area contributed by atoms with Gasteiger partial charge in [0.2, 0.25) is 5.91 Å². The minimum absolute atomic E-state index is 0.0599. The third-order valence-electron chi connectivity index (χ3n) is 4.49. The van der Waals surface area contributed by atoms with Crippen molar-refractivity contribution in [3.05, 3.63) is 0 Å². The number of carbonyl (C=O) groups is 2. The van der Waals surface area contributed by atoms with Gasteiger partial charge in [-0.3, -0.25) is 14.9 Å².